The van der Waals surface area contributed by atoms with Crippen molar-refractivity contribution >= 4 is 17.4 Å². The van der Waals surface area contributed by atoms with E-state index in [9.17, 15) is 0 Å². The van der Waals surface area contributed by atoms with E-state index in [1.54, 1.807) is 13.3 Å². The highest BCUT2D eigenvalue weighted by Crippen LogP contribution is 2.17. The topological polar surface area (TPSA) is 67.5 Å². The van der Waals surface area contributed by atoms with Gasteiger partial charge in [-0.1, -0.05) is 16.8 Å². The van der Waals surface area contributed by atoms with Gasteiger partial charge in [0.15, 0.2) is 5.82 Å². The van der Waals surface area contributed by atoms with Crippen LogP contribution in [0.15, 0.2) is 22.9 Å². The number of halogens is 1. The maximum absolute atomic E-state index is 5.91. The molecule has 7 nitrogen and oxygen atoms in total. The molecule has 2 aromatic rings. The van der Waals surface area contributed by atoms with Crippen molar-refractivity contribution < 1.29 is 9.26 Å². The first kappa shape index (κ1) is 17.1. The van der Waals surface area contributed by atoms with Crippen molar-refractivity contribution in [2.45, 2.75) is 26.0 Å². The van der Waals surface area contributed by atoms with Crippen molar-refractivity contribution in [1.29, 1.82) is 0 Å². The van der Waals surface area contributed by atoms with Crippen LogP contribution in [-0.2, 0) is 11.3 Å². The monoisotopic (exact) mass is 351 g/mol. The summed E-state index contributed by atoms with van der Waals surface area (Å²) in [6, 6.07) is 3.85. The van der Waals surface area contributed by atoms with E-state index in [0.29, 0.717) is 23.3 Å². The van der Waals surface area contributed by atoms with E-state index in [-0.39, 0.29) is 6.10 Å². The van der Waals surface area contributed by atoms with Crippen molar-refractivity contribution in [2.24, 2.45) is 0 Å². The summed E-state index contributed by atoms with van der Waals surface area (Å²) in [5.74, 6) is 2.19. The third-order valence-corrected chi connectivity index (χ3v) is 4.41. The maximum atomic E-state index is 5.91. The second kappa shape index (κ2) is 7.92. The molecule has 1 aliphatic rings. The van der Waals surface area contributed by atoms with Crippen LogP contribution in [0.5, 0.6) is 0 Å². The number of aromatic nitrogens is 3. The Labute approximate surface area is 146 Å². The molecule has 8 heteroatoms. The largest absolute Gasteiger partial charge is 0.374 e. The highest BCUT2D eigenvalue weighted by molar-refractivity contribution is 6.30. The molecule has 1 atom stereocenters. The van der Waals surface area contributed by atoms with Crippen LogP contribution >= 0.6 is 11.6 Å². The van der Waals surface area contributed by atoms with E-state index in [1.807, 2.05) is 19.1 Å². The molecule has 2 aromatic heterocycles. The zero-order chi connectivity index (χ0) is 16.9. The number of hydrogen-bond acceptors (Lipinski definition) is 7. The van der Waals surface area contributed by atoms with Crippen molar-refractivity contribution in [3.05, 3.63) is 35.1 Å². The number of ether oxygens (including phenoxy) is 1. The van der Waals surface area contributed by atoms with Crippen LogP contribution in [-0.4, -0.2) is 53.3 Å². The van der Waals surface area contributed by atoms with E-state index in [1.165, 1.54) is 0 Å². The smallest absolute Gasteiger partial charge is 0.240 e. The second-order valence-electron chi connectivity index (χ2n) is 5.88. The predicted octanol–water partition coefficient (Wildman–Crippen LogP) is 2.54. The minimum atomic E-state index is -0.155. The van der Waals surface area contributed by atoms with Crippen LogP contribution in [0, 0.1) is 0 Å². The number of methoxy groups -OCH3 is 1. The standard InChI is InChI=1S/C16H22ClN5O2/c1-12(23-2)16-19-15(24-20-16)11-21-6-3-7-22(9-8-21)14-5-4-13(17)10-18-14/h4-5,10,12H,3,6-9,11H2,1-2H3. The third-order valence-electron chi connectivity index (χ3n) is 4.18. The first-order valence-corrected chi connectivity index (χ1v) is 8.47. The molecule has 1 aliphatic heterocycles. The fraction of sp³-hybridized carbons (Fsp3) is 0.562. The zero-order valence-corrected chi connectivity index (χ0v) is 14.7. The molecule has 0 N–H and O–H groups in total. The Bertz CT molecular complexity index is 648. The molecular weight excluding hydrogens is 330 g/mol. The number of anilines is 1. The van der Waals surface area contributed by atoms with Gasteiger partial charge in [0.25, 0.3) is 0 Å². The summed E-state index contributed by atoms with van der Waals surface area (Å²) in [7, 11) is 1.63. The lowest BCUT2D eigenvalue weighted by Crippen LogP contribution is -2.31. The Morgan fingerprint density at radius 2 is 2.17 bits per heavy atom. The summed E-state index contributed by atoms with van der Waals surface area (Å²) in [4.78, 5) is 13.4. The van der Waals surface area contributed by atoms with E-state index < -0.39 is 0 Å². The summed E-state index contributed by atoms with van der Waals surface area (Å²) < 4.78 is 10.5. The molecule has 0 spiro atoms. The summed E-state index contributed by atoms with van der Waals surface area (Å²) in [5.41, 5.74) is 0. The van der Waals surface area contributed by atoms with Crippen molar-refractivity contribution in [1.82, 2.24) is 20.0 Å². The van der Waals surface area contributed by atoms with Crippen LogP contribution in [0.1, 0.15) is 31.2 Å². The molecule has 130 valence electrons. The lowest BCUT2D eigenvalue weighted by molar-refractivity contribution is 0.109. The summed E-state index contributed by atoms with van der Waals surface area (Å²) in [6.45, 7) is 6.34. The fourth-order valence-corrected chi connectivity index (χ4v) is 2.82. The molecule has 3 heterocycles. The van der Waals surface area contributed by atoms with Crippen LogP contribution in [0.2, 0.25) is 5.02 Å². The molecule has 0 amide bonds. The van der Waals surface area contributed by atoms with Gasteiger partial charge in [-0.25, -0.2) is 4.98 Å². The van der Waals surface area contributed by atoms with Gasteiger partial charge in [-0.3, -0.25) is 4.90 Å². The number of rotatable bonds is 5. The average Bonchev–Trinajstić information content (AvgIpc) is 2.93. The van der Waals surface area contributed by atoms with E-state index in [4.69, 9.17) is 20.9 Å². The van der Waals surface area contributed by atoms with Crippen molar-refractivity contribution in [3.63, 3.8) is 0 Å². The van der Waals surface area contributed by atoms with Crippen molar-refractivity contribution in [2.75, 3.05) is 38.2 Å². The third kappa shape index (κ3) is 4.23. The lowest BCUT2D eigenvalue weighted by Gasteiger charge is -2.22. The molecular formula is C16H22ClN5O2. The Balaban J connectivity index is 1.57. The first-order valence-electron chi connectivity index (χ1n) is 8.10. The number of nitrogens with zero attached hydrogens (tertiary/aromatic N) is 5. The van der Waals surface area contributed by atoms with Crippen LogP contribution < -0.4 is 4.90 Å². The predicted molar refractivity (Wildman–Crippen MR) is 91.1 cm³/mol. The number of hydrogen-bond donors (Lipinski definition) is 0. The van der Waals surface area contributed by atoms with Gasteiger partial charge >= 0.3 is 0 Å². The van der Waals surface area contributed by atoms with Gasteiger partial charge in [0, 0.05) is 39.5 Å². The summed E-state index contributed by atoms with van der Waals surface area (Å²) >= 11 is 5.91. The Hall–Kier alpha value is -1.70. The van der Waals surface area contributed by atoms with Gasteiger partial charge in [-0.15, -0.1) is 0 Å². The maximum Gasteiger partial charge on any atom is 0.240 e. The van der Waals surface area contributed by atoms with Gasteiger partial charge < -0.3 is 14.2 Å². The Kier molecular flexibility index (Phi) is 5.65. The molecule has 0 saturated carbocycles. The normalized spacial score (nSPS) is 17.7. The van der Waals surface area contributed by atoms with Crippen LogP contribution in [0.4, 0.5) is 5.82 Å². The minimum absolute atomic E-state index is 0.155. The highest BCUT2D eigenvalue weighted by atomic mass is 35.5. The van der Waals surface area contributed by atoms with Gasteiger partial charge in [0.1, 0.15) is 11.9 Å². The van der Waals surface area contributed by atoms with Crippen molar-refractivity contribution in [3.8, 4) is 0 Å². The minimum Gasteiger partial charge on any atom is -0.374 e. The quantitative estimate of drug-likeness (QED) is 0.819. The van der Waals surface area contributed by atoms with Gasteiger partial charge in [-0.05, 0) is 25.5 Å². The average molecular weight is 352 g/mol. The molecule has 24 heavy (non-hydrogen) atoms. The fourth-order valence-electron chi connectivity index (χ4n) is 2.71. The molecule has 0 bridgehead atoms. The molecule has 0 radical (unpaired) electrons. The van der Waals surface area contributed by atoms with Gasteiger partial charge in [0.05, 0.1) is 11.6 Å². The summed E-state index contributed by atoms with van der Waals surface area (Å²) in [5, 5.41) is 4.64. The first-order chi connectivity index (χ1) is 11.7. The SMILES string of the molecule is COC(C)c1noc(CN2CCCN(c3ccc(Cl)cn3)CC2)n1. The molecule has 3 rings (SSSR count). The Morgan fingerprint density at radius 1 is 1.29 bits per heavy atom. The summed E-state index contributed by atoms with van der Waals surface area (Å²) in [6.07, 6.45) is 2.59. The molecule has 0 aromatic carbocycles. The van der Waals surface area contributed by atoms with E-state index in [2.05, 4.69) is 24.9 Å². The van der Waals surface area contributed by atoms with E-state index in [0.717, 1.165) is 38.4 Å². The van der Waals surface area contributed by atoms with Crippen LogP contribution in [0.25, 0.3) is 0 Å². The molecule has 1 saturated heterocycles. The molecule has 1 unspecified atom stereocenters. The van der Waals surface area contributed by atoms with Crippen LogP contribution in [0.3, 0.4) is 0 Å². The zero-order valence-electron chi connectivity index (χ0n) is 14.0. The van der Waals surface area contributed by atoms with Gasteiger partial charge in [-0.2, -0.15) is 4.98 Å². The lowest BCUT2D eigenvalue weighted by atomic mass is 10.3. The number of pyridine rings is 1. The Morgan fingerprint density at radius 3 is 2.92 bits per heavy atom. The molecule has 1 fully saturated rings. The van der Waals surface area contributed by atoms with Gasteiger partial charge in [0.2, 0.25) is 5.89 Å². The van der Waals surface area contributed by atoms with E-state index >= 15 is 0 Å². The highest BCUT2D eigenvalue weighted by Gasteiger charge is 2.19. The molecule has 0 aliphatic carbocycles. The second-order valence-corrected chi connectivity index (χ2v) is 6.31.